The summed E-state index contributed by atoms with van der Waals surface area (Å²) in [6.07, 6.45) is 0.583. The molecule has 0 aliphatic carbocycles. The first-order chi connectivity index (χ1) is 9.97. The summed E-state index contributed by atoms with van der Waals surface area (Å²) in [5.74, 6) is 0.252. The van der Waals surface area contributed by atoms with Crippen molar-refractivity contribution in [2.45, 2.75) is 33.4 Å². The monoisotopic (exact) mass is 288 g/mol. The Labute approximate surface area is 126 Å². The molecule has 21 heavy (non-hydrogen) atoms. The van der Waals surface area contributed by atoms with Crippen molar-refractivity contribution in [2.75, 3.05) is 13.6 Å². The van der Waals surface area contributed by atoms with Crippen molar-refractivity contribution in [3.63, 3.8) is 0 Å². The van der Waals surface area contributed by atoms with Crippen LogP contribution in [0, 0.1) is 11.8 Å². The summed E-state index contributed by atoms with van der Waals surface area (Å²) in [6.45, 7) is 6.60. The molecule has 0 bridgehead atoms. The Kier molecular flexibility index (Phi) is 4.66. The maximum atomic E-state index is 12.8. The quantitative estimate of drug-likeness (QED) is 0.858. The van der Waals surface area contributed by atoms with Crippen LogP contribution in [0.3, 0.4) is 0 Å². The Balaban J connectivity index is 2.33. The van der Waals surface area contributed by atoms with E-state index in [0.717, 1.165) is 6.42 Å². The number of carbonyl (C=O) groups is 2. The molecule has 2 amide bonds. The molecule has 114 valence electrons. The van der Waals surface area contributed by atoms with Crippen molar-refractivity contribution >= 4 is 11.8 Å². The van der Waals surface area contributed by atoms with Gasteiger partial charge in [0.15, 0.2) is 0 Å². The molecule has 0 aromatic heterocycles. The zero-order chi connectivity index (χ0) is 15.6. The first kappa shape index (κ1) is 15.5. The van der Waals surface area contributed by atoms with Crippen molar-refractivity contribution in [1.82, 2.24) is 9.80 Å². The van der Waals surface area contributed by atoms with Gasteiger partial charge in [0.05, 0.1) is 5.92 Å². The number of amides is 2. The second kappa shape index (κ2) is 6.29. The third kappa shape index (κ3) is 2.94. The SMILES string of the molecule is CC[C@H]1CN(C(=O)c2ccccc2)[C@H](C(C)C)N(C)C1=O. The molecule has 1 aliphatic heterocycles. The predicted octanol–water partition coefficient (Wildman–Crippen LogP) is 2.61. The maximum Gasteiger partial charge on any atom is 0.255 e. The van der Waals surface area contributed by atoms with E-state index in [1.54, 1.807) is 11.9 Å². The van der Waals surface area contributed by atoms with Gasteiger partial charge in [-0.25, -0.2) is 0 Å². The number of nitrogens with zero attached hydrogens (tertiary/aromatic N) is 2. The largest absolute Gasteiger partial charge is 0.325 e. The van der Waals surface area contributed by atoms with Crippen molar-refractivity contribution in [1.29, 1.82) is 0 Å². The van der Waals surface area contributed by atoms with Crippen LogP contribution in [-0.2, 0) is 4.79 Å². The second-order valence-electron chi connectivity index (χ2n) is 6.04. The number of hydrogen-bond donors (Lipinski definition) is 0. The van der Waals surface area contributed by atoms with Gasteiger partial charge in [0.1, 0.15) is 6.17 Å². The first-order valence-corrected chi connectivity index (χ1v) is 7.60. The molecule has 0 unspecified atom stereocenters. The van der Waals surface area contributed by atoms with Crippen LogP contribution < -0.4 is 0 Å². The predicted molar refractivity (Wildman–Crippen MR) is 82.7 cm³/mol. The zero-order valence-electron chi connectivity index (χ0n) is 13.2. The summed E-state index contributed by atoms with van der Waals surface area (Å²) >= 11 is 0. The topological polar surface area (TPSA) is 40.6 Å². The van der Waals surface area contributed by atoms with Crippen molar-refractivity contribution in [3.05, 3.63) is 35.9 Å². The van der Waals surface area contributed by atoms with Crippen LogP contribution in [0.25, 0.3) is 0 Å². The summed E-state index contributed by atoms with van der Waals surface area (Å²) in [7, 11) is 1.81. The minimum absolute atomic E-state index is 0.00657. The van der Waals surface area contributed by atoms with E-state index in [1.165, 1.54) is 0 Å². The van der Waals surface area contributed by atoms with Crippen molar-refractivity contribution in [3.8, 4) is 0 Å². The highest BCUT2D eigenvalue weighted by molar-refractivity contribution is 5.95. The molecule has 1 aromatic carbocycles. The molecule has 1 fully saturated rings. The van der Waals surface area contributed by atoms with Gasteiger partial charge in [0, 0.05) is 19.2 Å². The lowest BCUT2D eigenvalue weighted by atomic mass is 9.95. The van der Waals surface area contributed by atoms with E-state index in [4.69, 9.17) is 0 Å². The standard InChI is InChI=1S/C17H24N2O2/c1-5-13-11-19(15(12(2)3)18(4)16(13)20)17(21)14-9-7-6-8-10-14/h6-10,12-13,15H,5,11H2,1-4H3/t13-,15+/m0/s1. The summed E-state index contributed by atoms with van der Waals surface area (Å²) < 4.78 is 0. The van der Waals surface area contributed by atoms with Gasteiger partial charge in [-0.1, -0.05) is 39.0 Å². The molecule has 0 N–H and O–H groups in total. The van der Waals surface area contributed by atoms with Gasteiger partial charge >= 0.3 is 0 Å². The lowest BCUT2D eigenvalue weighted by Gasteiger charge is -2.47. The summed E-state index contributed by atoms with van der Waals surface area (Å²) in [5.41, 5.74) is 0.681. The van der Waals surface area contributed by atoms with Gasteiger partial charge in [-0.2, -0.15) is 0 Å². The third-order valence-electron chi connectivity index (χ3n) is 4.20. The highest BCUT2D eigenvalue weighted by Gasteiger charge is 2.41. The van der Waals surface area contributed by atoms with Gasteiger partial charge in [0.2, 0.25) is 5.91 Å². The molecule has 0 radical (unpaired) electrons. The van der Waals surface area contributed by atoms with E-state index in [-0.39, 0.29) is 29.8 Å². The summed E-state index contributed by atoms with van der Waals surface area (Å²) in [5, 5.41) is 0. The number of hydrogen-bond acceptors (Lipinski definition) is 2. The molecule has 0 spiro atoms. The Hall–Kier alpha value is -1.84. The molecule has 4 nitrogen and oxygen atoms in total. The van der Waals surface area contributed by atoms with E-state index < -0.39 is 0 Å². The van der Waals surface area contributed by atoms with Crippen LogP contribution in [0.5, 0.6) is 0 Å². The van der Waals surface area contributed by atoms with E-state index in [9.17, 15) is 9.59 Å². The average Bonchev–Trinajstić information content (AvgIpc) is 2.49. The van der Waals surface area contributed by atoms with E-state index in [1.807, 2.05) is 56.0 Å². The summed E-state index contributed by atoms with van der Waals surface area (Å²) in [4.78, 5) is 28.8. The van der Waals surface area contributed by atoms with Crippen molar-refractivity contribution < 1.29 is 9.59 Å². The fraction of sp³-hybridized carbons (Fsp3) is 0.529. The molecule has 2 atom stereocenters. The van der Waals surface area contributed by atoms with E-state index in [0.29, 0.717) is 12.1 Å². The molecular formula is C17H24N2O2. The molecule has 4 heteroatoms. The van der Waals surface area contributed by atoms with Gasteiger partial charge in [-0.15, -0.1) is 0 Å². The molecule has 1 aliphatic rings. The fourth-order valence-corrected chi connectivity index (χ4v) is 3.11. The van der Waals surface area contributed by atoms with Crippen LogP contribution in [0.15, 0.2) is 30.3 Å². The lowest BCUT2D eigenvalue weighted by Crippen LogP contribution is -2.62. The van der Waals surface area contributed by atoms with Crippen LogP contribution >= 0.6 is 0 Å². The number of rotatable bonds is 3. The smallest absolute Gasteiger partial charge is 0.255 e. The van der Waals surface area contributed by atoms with Crippen LogP contribution in [0.4, 0.5) is 0 Å². The minimum Gasteiger partial charge on any atom is -0.325 e. The second-order valence-corrected chi connectivity index (χ2v) is 6.04. The van der Waals surface area contributed by atoms with Crippen LogP contribution in [-0.4, -0.2) is 41.4 Å². The molecule has 1 aromatic rings. The van der Waals surface area contributed by atoms with Crippen LogP contribution in [0.1, 0.15) is 37.6 Å². The Morgan fingerprint density at radius 2 is 1.90 bits per heavy atom. The van der Waals surface area contributed by atoms with Gasteiger partial charge in [-0.05, 0) is 24.5 Å². The normalized spacial score (nSPS) is 22.8. The zero-order valence-corrected chi connectivity index (χ0v) is 13.2. The van der Waals surface area contributed by atoms with Gasteiger partial charge < -0.3 is 9.80 Å². The molecule has 0 saturated carbocycles. The third-order valence-corrected chi connectivity index (χ3v) is 4.20. The summed E-state index contributed by atoms with van der Waals surface area (Å²) in [6, 6.07) is 9.30. The Morgan fingerprint density at radius 1 is 1.29 bits per heavy atom. The van der Waals surface area contributed by atoms with Gasteiger partial charge in [0.25, 0.3) is 5.91 Å². The van der Waals surface area contributed by atoms with Crippen molar-refractivity contribution in [2.24, 2.45) is 11.8 Å². The molecule has 2 rings (SSSR count). The Morgan fingerprint density at radius 3 is 2.43 bits per heavy atom. The maximum absolute atomic E-state index is 12.8. The number of benzene rings is 1. The first-order valence-electron chi connectivity index (χ1n) is 7.60. The van der Waals surface area contributed by atoms with E-state index in [2.05, 4.69) is 0 Å². The highest BCUT2D eigenvalue weighted by Crippen LogP contribution is 2.27. The molecular weight excluding hydrogens is 264 g/mol. The minimum atomic E-state index is -0.173. The highest BCUT2D eigenvalue weighted by atomic mass is 16.2. The number of carbonyl (C=O) groups excluding carboxylic acids is 2. The molecule has 1 saturated heterocycles. The lowest BCUT2D eigenvalue weighted by molar-refractivity contribution is -0.148. The average molecular weight is 288 g/mol. The Bertz CT molecular complexity index is 513. The van der Waals surface area contributed by atoms with E-state index >= 15 is 0 Å². The fourth-order valence-electron chi connectivity index (χ4n) is 3.11. The van der Waals surface area contributed by atoms with Gasteiger partial charge in [-0.3, -0.25) is 9.59 Å². The molecule has 1 heterocycles. The van der Waals surface area contributed by atoms with Crippen LogP contribution in [0.2, 0.25) is 0 Å².